The number of halogens is 1. The van der Waals surface area contributed by atoms with E-state index in [2.05, 4.69) is 118 Å². The van der Waals surface area contributed by atoms with Gasteiger partial charge < -0.3 is 0 Å². The fourth-order valence-corrected chi connectivity index (χ4v) is 5.20. The molecule has 0 amide bonds. The molecule has 2 heteroatoms. The molecule has 0 fully saturated rings. The van der Waals surface area contributed by atoms with E-state index in [1.807, 2.05) is 12.4 Å². The van der Waals surface area contributed by atoms with Gasteiger partial charge in [-0.3, -0.25) is 4.98 Å². The number of benzene rings is 5. The van der Waals surface area contributed by atoms with E-state index in [1.165, 1.54) is 54.6 Å². The fraction of sp³-hybridized carbons (Fsp3) is 0. The zero-order valence-corrected chi connectivity index (χ0v) is 18.3. The van der Waals surface area contributed by atoms with Gasteiger partial charge in [0, 0.05) is 16.9 Å². The molecule has 0 aliphatic carbocycles. The molecule has 0 aliphatic heterocycles. The summed E-state index contributed by atoms with van der Waals surface area (Å²) in [6.07, 6.45) is 3.68. The van der Waals surface area contributed by atoms with Gasteiger partial charge >= 0.3 is 0 Å². The largest absolute Gasteiger partial charge is 0.265 e. The molecule has 0 atom stereocenters. The van der Waals surface area contributed by atoms with Crippen LogP contribution in [0, 0.1) is 0 Å². The highest BCUT2D eigenvalue weighted by atomic mass is 79.9. The van der Waals surface area contributed by atoms with Crippen LogP contribution in [0.2, 0.25) is 0 Å². The summed E-state index contributed by atoms with van der Waals surface area (Å²) in [6.45, 7) is 0. The minimum Gasteiger partial charge on any atom is -0.265 e. The van der Waals surface area contributed by atoms with Gasteiger partial charge in [0.1, 0.15) is 0 Å². The van der Waals surface area contributed by atoms with Gasteiger partial charge in [-0.05, 0) is 94.8 Å². The maximum atomic E-state index is 4.13. The normalized spacial score (nSPS) is 11.4. The summed E-state index contributed by atoms with van der Waals surface area (Å²) in [4.78, 5) is 4.13. The van der Waals surface area contributed by atoms with Crippen LogP contribution in [0.25, 0.3) is 54.6 Å². The van der Waals surface area contributed by atoms with Crippen LogP contribution in [-0.4, -0.2) is 4.98 Å². The topological polar surface area (TPSA) is 12.9 Å². The highest BCUT2D eigenvalue weighted by Crippen LogP contribution is 2.42. The Labute approximate surface area is 189 Å². The summed E-state index contributed by atoms with van der Waals surface area (Å²) in [7, 11) is 0. The highest BCUT2D eigenvalue weighted by molar-refractivity contribution is 9.10. The maximum absolute atomic E-state index is 4.13. The summed E-state index contributed by atoms with van der Waals surface area (Å²) < 4.78 is 1.16. The SMILES string of the molecule is Brc1c2ccccc2c(-c2ccc3cc(-c4ccncc4)ccc3c2)c2ccccc12. The number of hydrogen-bond donors (Lipinski definition) is 0. The van der Waals surface area contributed by atoms with Crippen LogP contribution in [0.3, 0.4) is 0 Å². The van der Waals surface area contributed by atoms with Crippen molar-refractivity contribution in [3.8, 4) is 22.3 Å². The summed E-state index contributed by atoms with van der Waals surface area (Å²) in [5, 5.41) is 7.49. The third-order valence-electron chi connectivity index (χ3n) is 6.01. The number of pyridine rings is 1. The second-order valence-corrected chi connectivity index (χ2v) is 8.59. The van der Waals surface area contributed by atoms with Crippen molar-refractivity contribution in [2.24, 2.45) is 0 Å². The molecule has 0 spiro atoms. The van der Waals surface area contributed by atoms with Gasteiger partial charge in [-0.2, -0.15) is 0 Å². The Morgan fingerprint density at radius 3 is 1.61 bits per heavy atom. The fourth-order valence-electron chi connectivity index (χ4n) is 4.51. The predicted octanol–water partition coefficient (Wildman–Crippen LogP) is 8.64. The van der Waals surface area contributed by atoms with Crippen molar-refractivity contribution >= 4 is 48.2 Å². The van der Waals surface area contributed by atoms with E-state index < -0.39 is 0 Å². The van der Waals surface area contributed by atoms with Crippen molar-refractivity contribution in [1.82, 2.24) is 4.98 Å². The Hall–Kier alpha value is -3.49. The molecule has 31 heavy (non-hydrogen) atoms. The Morgan fingerprint density at radius 1 is 0.484 bits per heavy atom. The molecule has 0 bridgehead atoms. The van der Waals surface area contributed by atoms with E-state index in [4.69, 9.17) is 0 Å². The Kier molecular flexibility index (Phi) is 4.33. The van der Waals surface area contributed by atoms with Crippen molar-refractivity contribution in [3.05, 3.63) is 114 Å². The van der Waals surface area contributed by atoms with Gasteiger partial charge in [0.05, 0.1) is 0 Å². The summed E-state index contributed by atoms with van der Waals surface area (Å²) in [5.74, 6) is 0. The first kappa shape index (κ1) is 18.3. The molecule has 6 rings (SSSR count). The summed E-state index contributed by atoms with van der Waals surface area (Å²) >= 11 is 3.85. The zero-order valence-electron chi connectivity index (χ0n) is 16.7. The first-order valence-corrected chi connectivity index (χ1v) is 11.1. The van der Waals surface area contributed by atoms with Crippen LogP contribution in [0.4, 0.5) is 0 Å². The number of fused-ring (bicyclic) bond motifs is 3. The lowest BCUT2D eigenvalue weighted by Crippen LogP contribution is -1.88. The van der Waals surface area contributed by atoms with E-state index >= 15 is 0 Å². The van der Waals surface area contributed by atoms with Crippen molar-refractivity contribution in [2.45, 2.75) is 0 Å². The second-order valence-electron chi connectivity index (χ2n) is 7.79. The maximum Gasteiger partial charge on any atom is 0.0332 e. The average Bonchev–Trinajstić information content (AvgIpc) is 2.84. The lowest BCUT2D eigenvalue weighted by molar-refractivity contribution is 1.33. The summed E-state index contributed by atoms with van der Waals surface area (Å²) in [6, 6.07) is 34.8. The molecule has 0 N–H and O–H groups in total. The molecular formula is C29H18BrN. The molecule has 6 aromatic rings. The molecule has 1 heterocycles. The van der Waals surface area contributed by atoms with Crippen LogP contribution in [-0.2, 0) is 0 Å². The minimum atomic E-state index is 1.16. The predicted molar refractivity (Wildman–Crippen MR) is 135 cm³/mol. The minimum absolute atomic E-state index is 1.16. The third-order valence-corrected chi connectivity index (χ3v) is 6.86. The van der Waals surface area contributed by atoms with E-state index in [0.717, 1.165) is 4.47 Å². The van der Waals surface area contributed by atoms with E-state index in [9.17, 15) is 0 Å². The number of nitrogens with zero attached hydrogens (tertiary/aromatic N) is 1. The lowest BCUT2D eigenvalue weighted by Gasteiger charge is -2.15. The standard InChI is InChI=1S/C29H18BrN/c30-29-26-7-3-1-5-24(26)28(25-6-2-4-8-27(25)29)23-12-11-21-17-20(9-10-22(21)18-23)19-13-15-31-16-14-19/h1-18H. The van der Waals surface area contributed by atoms with Crippen molar-refractivity contribution in [1.29, 1.82) is 0 Å². The van der Waals surface area contributed by atoms with Gasteiger partial charge in [0.15, 0.2) is 0 Å². The molecule has 0 saturated carbocycles. The van der Waals surface area contributed by atoms with Crippen LogP contribution in [0.5, 0.6) is 0 Å². The van der Waals surface area contributed by atoms with Crippen LogP contribution < -0.4 is 0 Å². The van der Waals surface area contributed by atoms with Crippen LogP contribution >= 0.6 is 15.9 Å². The molecule has 0 saturated heterocycles. The van der Waals surface area contributed by atoms with Crippen LogP contribution in [0.15, 0.2) is 114 Å². The molecule has 0 aliphatic rings. The Balaban J connectivity index is 1.60. The van der Waals surface area contributed by atoms with Gasteiger partial charge in [-0.25, -0.2) is 0 Å². The molecule has 0 unspecified atom stereocenters. The van der Waals surface area contributed by atoms with Gasteiger partial charge in [-0.1, -0.05) is 72.8 Å². The highest BCUT2D eigenvalue weighted by Gasteiger charge is 2.14. The first-order valence-electron chi connectivity index (χ1n) is 10.3. The molecular weight excluding hydrogens is 442 g/mol. The Morgan fingerprint density at radius 2 is 1.00 bits per heavy atom. The quantitative estimate of drug-likeness (QED) is 0.236. The van der Waals surface area contributed by atoms with Crippen molar-refractivity contribution in [2.75, 3.05) is 0 Å². The lowest BCUT2D eigenvalue weighted by atomic mass is 9.90. The van der Waals surface area contributed by atoms with Crippen molar-refractivity contribution < 1.29 is 0 Å². The molecule has 146 valence electrons. The van der Waals surface area contributed by atoms with Gasteiger partial charge in [-0.15, -0.1) is 0 Å². The molecule has 1 aromatic heterocycles. The Bertz CT molecular complexity index is 1530. The summed E-state index contributed by atoms with van der Waals surface area (Å²) in [5.41, 5.74) is 4.92. The van der Waals surface area contributed by atoms with Gasteiger partial charge in [0.25, 0.3) is 0 Å². The van der Waals surface area contributed by atoms with E-state index in [1.54, 1.807) is 0 Å². The van der Waals surface area contributed by atoms with Gasteiger partial charge in [0.2, 0.25) is 0 Å². The van der Waals surface area contributed by atoms with Crippen LogP contribution in [0.1, 0.15) is 0 Å². The van der Waals surface area contributed by atoms with E-state index in [0.29, 0.717) is 0 Å². The second kappa shape index (κ2) is 7.33. The van der Waals surface area contributed by atoms with E-state index in [-0.39, 0.29) is 0 Å². The number of hydrogen-bond acceptors (Lipinski definition) is 1. The molecule has 1 nitrogen and oxygen atoms in total. The third kappa shape index (κ3) is 3.03. The number of rotatable bonds is 2. The molecule has 5 aromatic carbocycles. The van der Waals surface area contributed by atoms with Crippen molar-refractivity contribution in [3.63, 3.8) is 0 Å². The number of aromatic nitrogens is 1. The average molecular weight is 460 g/mol. The smallest absolute Gasteiger partial charge is 0.0332 e. The zero-order chi connectivity index (χ0) is 20.8. The monoisotopic (exact) mass is 459 g/mol. The first-order chi connectivity index (χ1) is 15.3. The molecule has 0 radical (unpaired) electrons.